The molecule has 16 heavy (non-hydrogen) atoms. The Morgan fingerprint density at radius 1 is 1.38 bits per heavy atom. The van der Waals surface area contributed by atoms with E-state index < -0.39 is 12.5 Å². The molecule has 0 saturated carbocycles. The first-order valence-electron chi connectivity index (χ1n) is 4.73. The zero-order valence-electron chi connectivity index (χ0n) is 9.24. The average Bonchev–Trinajstić information content (AvgIpc) is 2.16. The fraction of sp³-hybridized carbons (Fsp3) is 0.455. The smallest absolute Gasteiger partial charge is 0.240 e. The minimum absolute atomic E-state index is 0. The van der Waals surface area contributed by atoms with Gasteiger partial charge in [-0.25, -0.2) is 8.78 Å². The molecule has 1 aromatic carbocycles. The second-order valence-electron chi connectivity index (χ2n) is 3.46. The second kappa shape index (κ2) is 6.66. The molecule has 92 valence electrons. The number of hydrogen-bond acceptors (Lipinski definition) is 2. The van der Waals surface area contributed by atoms with Crippen LogP contribution < -0.4 is 10.5 Å². The molecule has 2 N–H and O–H groups in total. The Balaban J connectivity index is 0.00000225. The van der Waals surface area contributed by atoms with E-state index in [-0.39, 0.29) is 18.8 Å². The Labute approximate surface area is 100 Å². The first-order chi connectivity index (χ1) is 7.04. The molecule has 1 rings (SSSR count). The zero-order chi connectivity index (χ0) is 11.4. The Kier molecular flexibility index (Phi) is 6.29. The van der Waals surface area contributed by atoms with Crippen molar-refractivity contribution in [1.29, 1.82) is 0 Å². The van der Waals surface area contributed by atoms with Crippen molar-refractivity contribution in [3.05, 3.63) is 29.3 Å². The lowest BCUT2D eigenvalue weighted by Gasteiger charge is -2.13. The van der Waals surface area contributed by atoms with Crippen molar-refractivity contribution in [2.45, 2.75) is 25.8 Å². The molecule has 0 saturated heterocycles. The molecule has 0 fully saturated rings. The van der Waals surface area contributed by atoms with Crippen LogP contribution in [0.25, 0.3) is 0 Å². The Morgan fingerprint density at radius 2 is 2.00 bits per heavy atom. The summed E-state index contributed by atoms with van der Waals surface area (Å²) in [6.07, 6.45) is -2.69. The van der Waals surface area contributed by atoms with Crippen LogP contribution in [-0.2, 0) is 0 Å². The third-order valence-electron chi connectivity index (χ3n) is 2.28. The molecule has 0 radical (unpaired) electrons. The van der Waals surface area contributed by atoms with E-state index in [1.54, 1.807) is 25.3 Å². The van der Waals surface area contributed by atoms with Gasteiger partial charge in [0, 0.05) is 12.5 Å². The van der Waals surface area contributed by atoms with Gasteiger partial charge < -0.3 is 10.5 Å². The van der Waals surface area contributed by atoms with Crippen molar-refractivity contribution in [3.63, 3.8) is 0 Å². The van der Waals surface area contributed by atoms with Crippen LogP contribution in [0.2, 0.25) is 0 Å². The van der Waals surface area contributed by atoms with E-state index in [1.807, 2.05) is 6.92 Å². The van der Waals surface area contributed by atoms with Crippen LogP contribution in [0, 0.1) is 6.92 Å². The summed E-state index contributed by atoms with van der Waals surface area (Å²) in [6.45, 7) is 1.86. The lowest BCUT2D eigenvalue weighted by molar-refractivity contribution is 0.128. The quantitative estimate of drug-likeness (QED) is 0.893. The topological polar surface area (TPSA) is 35.2 Å². The number of aryl methyl sites for hydroxylation is 1. The Hall–Kier alpha value is -0.870. The number of rotatable bonds is 4. The summed E-state index contributed by atoms with van der Waals surface area (Å²) < 4.78 is 29.3. The maximum Gasteiger partial charge on any atom is 0.240 e. The molecular formula is C11H16ClF2NO. The monoisotopic (exact) mass is 251 g/mol. The molecule has 0 heterocycles. The zero-order valence-corrected chi connectivity index (χ0v) is 10.1. The highest BCUT2D eigenvalue weighted by Gasteiger charge is 2.13. The molecule has 0 aliphatic carbocycles. The summed E-state index contributed by atoms with van der Waals surface area (Å²) >= 11 is 0. The van der Waals surface area contributed by atoms with E-state index in [2.05, 4.69) is 0 Å². The summed E-state index contributed by atoms with van der Waals surface area (Å²) in [4.78, 5) is 0. The Bertz CT molecular complexity index is 334. The van der Waals surface area contributed by atoms with Crippen LogP contribution in [-0.4, -0.2) is 13.5 Å². The molecular weight excluding hydrogens is 236 g/mol. The molecule has 0 amide bonds. The van der Waals surface area contributed by atoms with E-state index >= 15 is 0 Å². The predicted octanol–water partition coefficient (Wildman–Crippen LogP) is 3.08. The van der Waals surface area contributed by atoms with Crippen molar-refractivity contribution in [2.24, 2.45) is 5.73 Å². The minimum Gasteiger partial charge on any atom is -0.496 e. The first-order valence-corrected chi connectivity index (χ1v) is 4.73. The molecule has 0 aromatic heterocycles. The van der Waals surface area contributed by atoms with Crippen LogP contribution in [0.3, 0.4) is 0 Å². The normalized spacial score (nSPS) is 12.1. The molecule has 1 aromatic rings. The van der Waals surface area contributed by atoms with Crippen LogP contribution in [0.5, 0.6) is 5.75 Å². The SMILES string of the molecule is COc1ccc([C@@H](N)CC(F)F)cc1C.Cl. The van der Waals surface area contributed by atoms with Crippen LogP contribution in [0.15, 0.2) is 18.2 Å². The summed E-state index contributed by atoms with van der Waals surface area (Å²) in [6, 6.07) is 4.63. The number of alkyl halides is 2. The summed E-state index contributed by atoms with van der Waals surface area (Å²) in [5.74, 6) is 0.739. The molecule has 2 nitrogen and oxygen atoms in total. The molecule has 0 bridgehead atoms. The highest BCUT2D eigenvalue weighted by molar-refractivity contribution is 5.85. The van der Waals surface area contributed by atoms with Crippen molar-refractivity contribution in [3.8, 4) is 5.75 Å². The summed E-state index contributed by atoms with van der Waals surface area (Å²) in [5, 5.41) is 0. The predicted molar refractivity (Wildman–Crippen MR) is 62.5 cm³/mol. The van der Waals surface area contributed by atoms with Gasteiger partial charge in [0.25, 0.3) is 0 Å². The highest BCUT2D eigenvalue weighted by Crippen LogP contribution is 2.24. The number of halogens is 3. The molecule has 0 spiro atoms. The van der Waals surface area contributed by atoms with Gasteiger partial charge in [-0.3, -0.25) is 0 Å². The van der Waals surface area contributed by atoms with Gasteiger partial charge in [-0.15, -0.1) is 12.4 Å². The number of benzene rings is 1. The molecule has 1 atom stereocenters. The second-order valence-corrected chi connectivity index (χ2v) is 3.46. The number of hydrogen-bond donors (Lipinski definition) is 1. The molecule has 0 aliphatic rings. The van der Waals surface area contributed by atoms with Gasteiger partial charge in [0.1, 0.15) is 5.75 Å². The van der Waals surface area contributed by atoms with Crippen molar-refractivity contribution < 1.29 is 13.5 Å². The first kappa shape index (κ1) is 15.1. The summed E-state index contributed by atoms with van der Waals surface area (Å²) in [7, 11) is 1.57. The van der Waals surface area contributed by atoms with Gasteiger partial charge >= 0.3 is 0 Å². The average molecular weight is 252 g/mol. The largest absolute Gasteiger partial charge is 0.496 e. The van der Waals surface area contributed by atoms with Crippen LogP contribution >= 0.6 is 12.4 Å². The maximum atomic E-state index is 12.1. The maximum absolute atomic E-state index is 12.1. The fourth-order valence-electron chi connectivity index (χ4n) is 1.46. The van der Waals surface area contributed by atoms with E-state index in [0.717, 1.165) is 11.3 Å². The van der Waals surface area contributed by atoms with Gasteiger partial charge in [0.05, 0.1) is 7.11 Å². The van der Waals surface area contributed by atoms with Gasteiger partial charge in [0.15, 0.2) is 0 Å². The Morgan fingerprint density at radius 3 is 2.44 bits per heavy atom. The minimum atomic E-state index is -2.37. The van der Waals surface area contributed by atoms with E-state index in [1.165, 1.54) is 0 Å². The van der Waals surface area contributed by atoms with Gasteiger partial charge in [-0.05, 0) is 24.1 Å². The molecule has 0 unspecified atom stereocenters. The van der Waals surface area contributed by atoms with Crippen molar-refractivity contribution in [2.75, 3.05) is 7.11 Å². The molecule has 5 heteroatoms. The summed E-state index contributed by atoms with van der Waals surface area (Å²) in [5.41, 5.74) is 7.25. The van der Waals surface area contributed by atoms with Gasteiger partial charge in [-0.1, -0.05) is 12.1 Å². The van der Waals surface area contributed by atoms with Gasteiger partial charge in [-0.2, -0.15) is 0 Å². The van der Waals surface area contributed by atoms with E-state index in [0.29, 0.717) is 5.56 Å². The number of ether oxygens (including phenoxy) is 1. The standard InChI is InChI=1S/C11H15F2NO.ClH/c1-7-5-8(3-4-10(7)15-2)9(14)6-11(12)13;/h3-5,9,11H,6,14H2,1-2H3;1H/t9-;/m0./s1. The number of nitrogens with two attached hydrogens (primary N) is 1. The van der Waals surface area contributed by atoms with Crippen molar-refractivity contribution in [1.82, 2.24) is 0 Å². The van der Waals surface area contributed by atoms with Crippen molar-refractivity contribution >= 4 is 12.4 Å². The third kappa shape index (κ3) is 3.94. The molecule has 0 aliphatic heterocycles. The third-order valence-corrected chi connectivity index (χ3v) is 2.28. The lowest BCUT2D eigenvalue weighted by Crippen LogP contribution is -2.14. The lowest BCUT2D eigenvalue weighted by atomic mass is 10.0. The number of methoxy groups -OCH3 is 1. The van der Waals surface area contributed by atoms with Crippen LogP contribution in [0.4, 0.5) is 8.78 Å². The highest BCUT2D eigenvalue weighted by atomic mass is 35.5. The van der Waals surface area contributed by atoms with E-state index in [4.69, 9.17) is 10.5 Å². The van der Waals surface area contributed by atoms with E-state index in [9.17, 15) is 8.78 Å². The fourth-order valence-corrected chi connectivity index (χ4v) is 1.46. The van der Waals surface area contributed by atoms with Crippen LogP contribution in [0.1, 0.15) is 23.6 Å². The van der Waals surface area contributed by atoms with Gasteiger partial charge in [0.2, 0.25) is 6.43 Å².